The fraction of sp³-hybridized carbons (Fsp3) is 0.438. The van der Waals surface area contributed by atoms with Gasteiger partial charge in [-0.2, -0.15) is 0 Å². The van der Waals surface area contributed by atoms with Gasteiger partial charge in [0.15, 0.2) is 5.78 Å². The third-order valence-corrected chi connectivity index (χ3v) is 5.00. The van der Waals surface area contributed by atoms with Crippen LogP contribution in [0.4, 0.5) is 0 Å². The lowest BCUT2D eigenvalue weighted by atomic mass is 9.64. The molecule has 1 aromatic rings. The van der Waals surface area contributed by atoms with Gasteiger partial charge in [-0.15, -0.1) is 0 Å². The fourth-order valence-corrected chi connectivity index (χ4v) is 4.26. The summed E-state index contributed by atoms with van der Waals surface area (Å²) in [7, 11) is 0. The molecule has 0 aliphatic heterocycles. The molecule has 1 nitrogen and oxygen atoms in total. The molecule has 0 amide bonds. The summed E-state index contributed by atoms with van der Waals surface area (Å²) in [4.78, 5) is 12.3. The highest BCUT2D eigenvalue weighted by atomic mass is 16.1. The van der Waals surface area contributed by atoms with E-state index < -0.39 is 0 Å². The molecule has 3 aliphatic rings. The molecule has 3 atom stereocenters. The molecule has 2 bridgehead atoms. The van der Waals surface area contributed by atoms with Crippen molar-refractivity contribution in [1.82, 2.24) is 0 Å². The topological polar surface area (TPSA) is 17.1 Å². The molecule has 17 heavy (non-hydrogen) atoms. The smallest absolute Gasteiger partial charge is 0.163 e. The van der Waals surface area contributed by atoms with Gasteiger partial charge in [-0.25, -0.2) is 0 Å². The molecule has 0 saturated heterocycles. The maximum atomic E-state index is 12.3. The summed E-state index contributed by atoms with van der Waals surface area (Å²) in [5.74, 6) is 1.77. The number of fused-ring (bicyclic) bond motifs is 4. The SMILES string of the molecule is O=C1CC2(Cc3ccccc31)CC1C=CC2C1. The Balaban J connectivity index is 1.80. The average molecular weight is 224 g/mol. The predicted molar refractivity (Wildman–Crippen MR) is 66.9 cm³/mol. The highest BCUT2D eigenvalue weighted by molar-refractivity contribution is 5.99. The number of hydrogen-bond acceptors (Lipinski definition) is 1. The van der Waals surface area contributed by atoms with Crippen molar-refractivity contribution in [3.05, 3.63) is 47.5 Å². The summed E-state index contributed by atoms with van der Waals surface area (Å²) in [6, 6.07) is 8.18. The normalized spacial score (nSPS) is 37.8. The van der Waals surface area contributed by atoms with Gasteiger partial charge in [0.25, 0.3) is 0 Å². The van der Waals surface area contributed by atoms with Crippen molar-refractivity contribution >= 4 is 5.78 Å². The van der Waals surface area contributed by atoms with Crippen molar-refractivity contribution in [2.75, 3.05) is 0 Å². The summed E-state index contributed by atoms with van der Waals surface area (Å²) in [5.41, 5.74) is 2.53. The Morgan fingerprint density at radius 3 is 2.76 bits per heavy atom. The Morgan fingerprint density at radius 2 is 2.00 bits per heavy atom. The number of hydrogen-bond donors (Lipinski definition) is 0. The maximum absolute atomic E-state index is 12.3. The summed E-state index contributed by atoms with van der Waals surface area (Å²) < 4.78 is 0. The van der Waals surface area contributed by atoms with Gasteiger partial charge in [0.1, 0.15) is 0 Å². The molecule has 1 spiro atoms. The van der Waals surface area contributed by atoms with Crippen molar-refractivity contribution < 1.29 is 4.79 Å². The van der Waals surface area contributed by atoms with Crippen molar-refractivity contribution in [3.63, 3.8) is 0 Å². The Labute approximate surface area is 102 Å². The van der Waals surface area contributed by atoms with E-state index >= 15 is 0 Å². The lowest BCUT2D eigenvalue weighted by molar-refractivity contribution is 0.0848. The quantitative estimate of drug-likeness (QED) is 0.617. The number of Topliss-reactive ketones (excluding diaryl/α,β-unsaturated/α-hetero) is 1. The molecule has 1 saturated carbocycles. The molecule has 1 aromatic carbocycles. The number of ketones is 1. The lowest BCUT2D eigenvalue weighted by Crippen LogP contribution is -2.35. The maximum Gasteiger partial charge on any atom is 0.163 e. The molecule has 0 heterocycles. The minimum absolute atomic E-state index is 0.269. The van der Waals surface area contributed by atoms with E-state index in [4.69, 9.17) is 0 Å². The van der Waals surface area contributed by atoms with Gasteiger partial charge >= 0.3 is 0 Å². The van der Waals surface area contributed by atoms with Crippen LogP contribution in [0.25, 0.3) is 0 Å². The monoisotopic (exact) mass is 224 g/mol. The molecule has 0 N–H and O–H groups in total. The Bertz CT molecular complexity index is 528. The third kappa shape index (κ3) is 1.23. The van der Waals surface area contributed by atoms with E-state index in [9.17, 15) is 4.79 Å². The van der Waals surface area contributed by atoms with Crippen molar-refractivity contribution in [1.29, 1.82) is 0 Å². The van der Waals surface area contributed by atoms with E-state index in [1.165, 1.54) is 18.4 Å². The number of benzene rings is 1. The second-order valence-corrected chi connectivity index (χ2v) is 5.99. The molecule has 3 unspecified atom stereocenters. The Morgan fingerprint density at radius 1 is 1.12 bits per heavy atom. The number of rotatable bonds is 0. The average Bonchev–Trinajstić information content (AvgIpc) is 2.89. The molecule has 4 rings (SSSR count). The summed E-state index contributed by atoms with van der Waals surface area (Å²) in [6.45, 7) is 0. The van der Waals surface area contributed by atoms with Crippen LogP contribution < -0.4 is 0 Å². The van der Waals surface area contributed by atoms with E-state index in [2.05, 4.69) is 24.3 Å². The van der Waals surface area contributed by atoms with Crippen LogP contribution in [0.3, 0.4) is 0 Å². The Hall–Kier alpha value is -1.37. The molecule has 86 valence electrons. The van der Waals surface area contributed by atoms with Crippen molar-refractivity contribution in [2.45, 2.75) is 25.7 Å². The van der Waals surface area contributed by atoms with Crippen LogP contribution in [0.1, 0.15) is 35.2 Å². The molecule has 0 radical (unpaired) electrons. The number of allylic oxidation sites excluding steroid dienone is 2. The van der Waals surface area contributed by atoms with E-state index in [0.29, 0.717) is 11.7 Å². The van der Waals surface area contributed by atoms with Gasteiger partial charge in [-0.05, 0) is 42.1 Å². The summed E-state index contributed by atoms with van der Waals surface area (Å²) in [6.07, 6.45) is 9.13. The van der Waals surface area contributed by atoms with E-state index in [0.717, 1.165) is 24.3 Å². The molecule has 1 fully saturated rings. The van der Waals surface area contributed by atoms with Gasteiger partial charge in [-0.3, -0.25) is 4.79 Å². The van der Waals surface area contributed by atoms with E-state index in [-0.39, 0.29) is 5.41 Å². The van der Waals surface area contributed by atoms with Crippen LogP contribution in [0, 0.1) is 17.3 Å². The second-order valence-electron chi connectivity index (χ2n) is 5.99. The zero-order chi connectivity index (χ0) is 11.5. The van der Waals surface area contributed by atoms with Crippen LogP contribution in [-0.2, 0) is 6.42 Å². The van der Waals surface area contributed by atoms with Crippen LogP contribution in [-0.4, -0.2) is 5.78 Å². The molecule has 3 aliphatic carbocycles. The minimum atomic E-state index is 0.269. The summed E-state index contributed by atoms with van der Waals surface area (Å²) in [5, 5.41) is 0. The first-order valence-electron chi connectivity index (χ1n) is 6.56. The van der Waals surface area contributed by atoms with E-state index in [1.807, 2.05) is 12.1 Å². The lowest BCUT2D eigenvalue weighted by Gasteiger charge is -2.39. The third-order valence-electron chi connectivity index (χ3n) is 5.00. The van der Waals surface area contributed by atoms with Gasteiger partial charge in [0, 0.05) is 12.0 Å². The zero-order valence-electron chi connectivity index (χ0n) is 9.86. The minimum Gasteiger partial charge on any atom is -0.294 e. The molecular formula is C16H16O. The summed E-state index contributed by atoms with van der Waals surface area (Å²) >= 11 is 0. The van der Waals surface area contributed by atoms with Gasteiger partial charge in [-0.1, -0.05) is 36.4 Å². The Kier molecular flexibility index (Phi) is 1.76. The zero-order valence-corrected chi connectivity index (χ0v) is 9.86. The first-order chi connectivity index (χ1) is 8.27. The first-order valence-corrected chi connectivity index (χ1v) is 6.56. The van der Waals surface area contributed by atoms with Gasteiger partial charge in [0.05, 0.1) is 0 Å². The van der Waals surface area contributed by atoms with Gasteiger partial charge < -0.3 is 0 Å². The highest BCUT2D eigenvalue weighted by Gasteiger charge is 2.51. The van der Waals surface area contributed by atoms with Crippen LogP contribution >= 0.6 is 0 Å². The first kappa shape index (κ1) is 9.64. The molecule has 0 aromatic heterocycles. The largest absolute Gasteiger partial charge is 0.294 e. The van der Waals surface area contributed by atoms with E-state index in [1.54, 1.807) is 0 Å². The van der Waals surface area contributed by atoms with Crippen molar-refractivity contribution in [3.8, 4) is 0 Å². The molecular weight excluding hydrogens is 208 g/mol. The molecule has 1 heteroatoms. The predicted octanol–water partition coefficient (Wildman–Crippen LogP) is 3.40. The van der Waals surface area contributed by atoms with Crippen LogP contribution in [0.2, 0.25) is 0 Å². The van der Waals surface area contributed by atoms with Crippen molar-refractivity contribution in [2.24, 2.45) is 17.3 Å². The number of carbonyl (C=O) groups is 1. The standard InChI is InChI=1S/C16H16O/c17-15-10-16(8-11-5-6-13(16)7-11)9-12-3-1-2-4-14(12)15/h1-6,11,13H,7-10H2. The van der Waals surface area contributed by atoms with Crippen LogP contribution in [0.15, 0.2) is 36.4 Å². The van der Waals surface area contributed by atoms with Gasteiger partial charge in [0.2, 0.25) is 0 Å². The number of carbonyl (C=O) groups excluding carboxylic acids is 1. The van der Waals surface area contributed by atoms with Crippen LogP contribution in [0.5, 0.6) is 0 Å². The fourth-order valence-electron chi connectivity index (χ4n) is 4.26. The highest BCUT2D eigenvalue weighted by Crippen LogP contribution is 2.57. The second kappa shape index (κ2) is 3.10.